The van der Waals surface area contributed by atoms with E-state index in [0.717, 1.165) is 36.9 Å². The fourth-order valence-electron chi connectivity index (χ4n) is 3.02. The quantitative estimate of drug-likeness (QED) is 0.710. The number of hydrogen-bond acceptors (Lipinski definition) is 4. The largest absolute Gasteiger partial charge is 0.508 e. The molecule has 26 heavy (non-hydrogen) atoms. The Hall–Kier alpha value is -1.89. The molecule has 1 aliphatic rings. The standard InChI is InChI=1S/C13H19NO.C7H8O3S/c1-2-8-14-11-6-7-12-10(9-11)4-3-5-13(12)15;1-6-2-4-7(5-3-6)11(8,9)10/h3-5,11,14-15H,2,6-9H2,1H3;2-5H,1H3,(H,8,9,10). The third-order valence-electron chi connectivity index (χ3n) is 4.46. The second kappa shape index (κ2) is 9.16. The van der Waals surface area contributed by atoms with Crippen LogP contribution in [0.5, 0.6) is 5.75 Å². The zero-order chi connectivity index (χ0) is 19.2. The summed E-state index contributed by atoms with van der Waals surface area (Å²) in [7, 11) is -4.02. The van der Waals surface area contributed by atoms with E-state index < -0.39 is 10.1 Å². The lowest BCUT2D eigenvalue weighted by atomic mass is 9.87. The van der Waals surface area contributed by atoms with E-state index in [1.807, 2.05) is 13.0 Å². The number of fused-ring (bicyclic) bond motifs is 1. The molecule has 1 unspecified atom stereocenters. The first kappa shape index (κ1) is 20.4. The molecule has 0 spiro atoms. The van der Waals surface area contributed by atoms with E-state index >= 15 is 0 Å². The van der Waals surface area contributed by atoms with E-state index in [-0.39, 0.29) is 4.90 Å². The van der Waals surface area contributed by atoms with Gasteiger partial charge in [0, 0.05) is 6.04 Å². The van der Waals surface area contributed by atoms with Gasteiger partial charge in [-0.15, -0.1) is 0 Å². The zero-order valence-corrected chi connectivity index (χ0v) is 16.1. The summed E-state index contributed by atoms with van der Waals surface area (Å²) in [6.45, 7) is 5.13. The van der Waals surface area contributed by atoms with Gasteiger partial charge < -0.3 is 10.4 Å². The van der Waals surface area contributed by atoms with Crippen molar-refractivity contribution in [2.24, 2.45) is 0 Å². The van der Waals surface area contributed by atoms with Crippen molar-refractivity contribution in [2.75, 3.05) is 6.54 Å². The van der Waals surface area contributed by atoms with Crippen LogP contribution >= 0.6 is 0 Å². The number of rotatable bonds is 4. The summed E-state index contributed by atoms with van der Waals surface area (Å²) in [6.07, 6.45) is 4.39. The normalized spacial score (nSPS) is 16.3. The molecule has 0 aromatic heterocycles. The molecule has 0 aliphatic heterocycles. The molecule has 142 valence electrons. The molecule has 2 aromatic carbocycles. The Labute approximate surface area is 155 Å². The number of aromatic hydroxyl groups is 1. The van der Waals surface area contributed by atoms with Crippen LogP contribution in [0.4, 0.5) is 0 Å². The van der Waals surface area contributed by atoms with Gasteiger partial charge in [0.1, 0.15) is 5.75 Å². The fraction of sp³-hybridized carbons (Fsp3) is 0.400. The van der Waals surface area contributed by atoms with Gasteiger partial charge in [-0.3, -0.25) is 4.55 Å². The van der Waals surface area contributed by atoms with Gasteiger partial charge in [-0.2, -0.15) is 8.42 Å². The molecule has 1 aliphatic carbocycles. The van der Waals surface area contributed by atoms with Gasteiger partial charge in [0.25, 0.3) is 10.1 Å². The fourth-order valence-corrected chi connectivity index (χ4v) is 3.50. The van der Waals surface area contributed by atoms with Crippen LogP contribution in [0.15, 0.2) is 47.4 Å². The molecular formula is C20H27NO4S. The highest BCUT2D eigenvalue weighted by Gasteiger charge is 2.19. The summed E-state index contributed by atoms with van der Waals surface area (Å²) in [6, 6.07) is 12.4. The van der Waals surface area contributed by atoms with Crippen LogP contribution in [-0.2, 0) is 23.0 Å². The van der Waals surface area contributed by atoms with Gasteiger partial charge in [0.2, 0.25) is 0 Å². The molecular weight excluding hydrogens is 350 g/mol. The lowest BCUT2D eigenvalue weighted by Gasteiger charge is -2.25. The maximum absolute atomic E-state index is 10.5. The Kier molecular flexibility index (Phi) is 7.20. The van der Waals surface area contributed by atoms with Crippen LogP contribution in [0.1, 0.15) is 36.5 Å². The third-order valence-corrected chi connectivity index (χ3v) is 5.33. The molecule has 6 heteroatoms. The van der Waals surface area contributed by atoms with Crippen molar-refractivity contribution in [3.05, 3.63) is 59.2 Å². The zero-order valence-electron chi connectivity index (χ0n) is 15.3. The molecule has 0 heterocycles. The van der Waals surface area contributed by atoms with Crippen LogP contribution in [0.3, 0.4) is 0 Å². The van der Waals surface area contributed by atoms with Gasteiger partial charge in [-0.05, 0) is 68.5 Å². The molecule has 0 saturated heterocycles. The van der Waals surface area contributed by atoms with Crippen molar-refractivity contribution in [1.82, 2.24) is 5.32 Å². The summed E-state index contributed by atoms with van der Waals surface area (Å²) in [5.74, 6) is 0.474. The predicted octanol–water partition coefficient (Wildman–Crippen LogP) is 3.49. The molecule has 0 radical (unpaired) electrons. The van der Waals surface area contributed by atoms with Crippen LogP contribution in [-0.4, -0.2) is 30.7 Å². The van der Waals surface area contributed by atoms with Crippen molar-refractivity contribution in [3.8, 4) is 5.75 Å². The number of nitrogens with one attached hydrogen (secondary N) is 1. The molecule has 0 saturated carbocycles. The Morgan fingerprint density at radius 3 is 2.46 bits per heavy atom. The van der Waals surface area contributed by atoms with Gasteiger partial charge in [0.05, 0.1) is 4.90 Å². The van der Waals surface area contributed by atoms with E-state index in [1.54, 1.807) is 18.2 Å². The van der Waals surface area contributed by atoms with Crippen molar-refractivity contribution in [2.45, 2.75) is 50.5 Å². The molecule has 3 N–H and O–H groups in total. The first-order valence-electron chi connectivity index (χ1n) is 8.88. The minimum Gasteiger partial charge on any atom is -0.508 e. The first-order valence-corrected chi connectivity index (χ1v) is 10.3. The van der Waals surface area contributed by atoms with E-state index in [4.69, 9.17) is 4.55 Å². The van der Waals surface area contributed by atoms with Crippen molar-refractivity contribution < 1.29 is 18.1 Å². The average Bonchev–Trinajstić information content (AvgIpc) is 2.60. The summed E-state index contributed by atoms with van der Waals surface area (Å²) in [5, 5.41) is 13.2. The SMILES string of the molecule is CCCNC1CCc2c(O)cccc2C1.Cc1ccc(S(=O)(=O)O)cc1. The van der Waals surface area contributed by atoms with E-state index in [2.05, 4.69) is 18.3 Å². The molecule has 2 aromatic rings. The number of benzene rings is 2. The number of aryl methyl sites for hydroxylation is 1. The first-order chi connectivity index (χ1) is 12.3. The molecule has 1 atom stereocenters. The molecule has 3 rings (SSSR count). The van der Waals surface area contributed by atoms with Crippen LogP contribution in [0.2, 0.25) is 0 Å². The van der Waals surface area contributed by atoms with Gasteiger partial charge >= 0.3 is 0 Å². The van der Waals surface area contributed by atoms with Crippen LogP contribution in [0.25, 0.3) is 0 Å². The number of phenols is 1. The smallest absolute Gasteiger partial charge is 0.294 e. The van der Waals surface area contributed by atoms with Crippen molar-refractivity contribution in [1.29, 1.82) is 0 Å². The van der Waals surface area contributed by atoms with Crippen molar-refractivity contribution in [3.63, 3.8) is 0 Å². The summed E-state index contributed by atoms with van der Waals surface area (Å²) in [5.41, 5.74) is 3.43. The number of phenolic OH excluding ortho intramolecular Hbond substituents is 1. The minimum absolute atomic E-state index is 0.0666. The molecule has 0 bridgehead atoms. The summed E-state index contributed by atoms with van der Waals surface area (Å²) >= 11 is 0. The predicted molar refractivity (Wildman–Crippen MR) is 103 cm³/mol. The monoisotopic (exact) mass is 377 g/mol. The highest BCUT2D eigenvalue weighted by atomic mass is 32.2. The molecule has 0 amide bonds. The maximum Gasteiger partial charge on any atom is 0.294 e. The molecule has 0 fully saturated rings. The highest BCUT2D eigenvalue weighted by molar-refractivity contribution is 7.85. The van der Waals surface area contributed by atoms with Crippen LogP contribution < -0.4 is 5.32 Å². The second-order valence-corrected chi connectivity index (χ2v) is 8.02. The Morgan fingerprint density at radius 2 is 1.85 bits per heavy atom. The lowest BCUT2D eigenvalue weighted by molar-refractivity contribution is 0.432. The Morgan fingerprint density at radius 1 is 1.15 bits per heavy atom. The number of hydrogen-bond donors (Lipinski definition) is 3. The topological polar surface area (TPSA) is 86.6 Å². The Bertz CT molecular complexity index is 816. The van der Waals surface area contributed by atoms with Crippen LogP contribution in [0, 0.1) is 6.92 Å². The lowest BCUT2D eigenvalue weighted by Crippen LogP contribution is -2.34. The maximum atomic E-state index is 10.5. The molecule has 5 nitrogen and oxygen atoms in total. The third kappa shape index (κ3) is 5.83. The minimum atomic E-state index is -4.02. The van der Waals surface area contributed by atoms with E-state index in [0.29, 0.717) is 11.8 Å². The second-order valence-electron chi connectivity index (χ2n) is 6.60. The van der Waals surface area contributed by atoms with Gasteiger partial charge in [-0.25, -0.2) is 0 Å². The average molecular weight is 378 g/mol. The summed E-state index contributed by atoms with van der Waals surface area (Å²) in [4.78, 5) is -0.0666. The highest BCUT2D eigenvalue weighted by Crippen LogP contribution is 2.28. The van der Waals surface area contributed by atoms with Gasteiger partial charge in [0.15, 0.2) is 0 Å². The Balaban J connectivity index is 0.000000197. The van der Waals surface area contributed by atoms with E-state index in [9.17, 15) is 13.5 Å². The van der Waals surface area contributed by atoms with E-state index in [1.165, 1.54) is 24.1 Å². The van der Waals surface area contributed by atoms with Gasteiger partial charge in [-0.1, -0.05) is 36.8 Å². The summed E-state index contributed by atoms with van der Waals surface area (Å²) < 4.78 is 29.6. The van der Waals surface area contributed by atoms with Crippen molar-refractivity contribution >= 4 is 10.1 Å².